The maximum absolute atomic E-state index is 12.2. The van der Waals surface area contributed by atoms with Crippen LogP contribution in [0.5, 0.6) is 0 Å². The Labute approximate surface area is 122 Å². The molecule has 3 nitrogen and oxygen atoms in total. The summed E-state index contributed by atoms with van der Waals surface area (Å²) in [5, 5.41) is 10.9. The van der Waals surface area contributed by atoms with E-state index in [9.17, 15) is 9.90 Å². The van der Waals surface area contributed by atoms with Gasteiger partial charge in [-0.25, -0.2) is 4.79 Å². The molecule has 1 aromatic carbocycles. The van der Waals surface area contributed by atoms with Crippen LogP contribution in [0.15, 0.2) is 18.2 Å². The lowest BCUT2D eigenvalue weighted by Crippen LogP contribution is -2.45. The third-order valence-corrected chi connectivity index (χ3v) is 3.87. The monoisotopic (exact) mass is 278 g/mol. The fourth-order valence-corrected chi connectivity index (χ4v) is 2.70. The van der Waals surface area contributed by atoms with Crippen LogP contribution in [0.4, 0.5) is 0 Å². The number of benzene rings is 1. The molecule has 2 unspecified atom stereocenters. The summed E-state index contributed by atoms with van der Waals surface area (Å²) in [5.41, 5.74) is 1.81. The van der Waals surface area contributed by atoms with E-state index in [-0.39, 0.29) is 12.5 Å². The van der Waals surface area contributed by atoms with Crippen molar-refractivity contribution in [3.8, 4) is 0 Å². The van der Waals surface area contributed by atoms with E-state index < -0.39 is 11.6 Å². The predicted octanol–water partition coefficient (Wildman–Crippen LogP) is 3.50. The smallest absolute Gasteiger partial charge is 0.338 e. The lowest BCUT2D eigenvalue weighted by Gasteiger charge is -2.32. The molecule has 2 atom stereocenters. The Hall–Kier alpha value is -1.35. The van der Waals surface area contributed by atoms with E-state index in [1.165, 1.54) is 5.56 Å². The Bertz CT molecular complexity index is 467. The van der Waals surface area contributed by atoms with Gasteiger partial charge in [-0.15, -0.1) is 0 Å². The van der Waals surface area contributed by atoms with Gasteiger partial charge in [0.05, 0.1) is 6.61 Å². The number of hydrogen-bond donors (Lipinski definition) is 1. The number of esters is 1. The third-order valence-electron chi connectivity index (χ3n) is 3.87. The number of aryl methyl sites for hydroxylation is 2. The third kappa shape index (κ3) is 3.40. The standard InChI is InChI=1S/C17H26O3/c1-6-10-17(19,16(18)20-7-2)14(5)15-9-8-12(3)11-13(15)4/h8-9,11,14,19H,6-7,10H2,1-5H3. The number of rotatable bonds is 6. The predicted molar refractivity (Wildman–Crippen MR) is 80.8 cm³/mol. The minimum absolute atomic E-state index is 0.282. The van der Waals surface area contributed by atoms with Crippen LogP contribution < -0.4 is 0 Å². The van der Waals surface area contributed by atoms with Gasteiger partial charge in [0.2, 0.25) is 0 Å². The maximum Gasteiger partial charge on any atom is 0.338 e. The molecule has 0 aliphatic rings. The Morgan fingerprint density at radius 1 is 1.35 bits per heavy atom. The molecule has 0 aliphatic carbocycles. The minimum Gasteiger partial charge on any atom is -0.464 e. The van der Waals surface area contributed by atoms with Crippen molar-refractivity contribution >= 4 is 5.97 Å². The zero-order valence-corrected chi connectivity index (χ0v) is 13.2. The van der Waals surface area contributed by atoms with E-state index in [0.717, 1.165) is 17.5 Å². The SMILES string of the molecule is CCCC(O)(C(=O)OCC)C(C)c1ccc(C)cc1C. The van der Waals surface area contributed by atoms with Crippen LogP contribution in [-0.4, -0.2) is 23.3 Å². The first kappa shape index (κ1) is 16.7. The van der Waals surface area contributed by atoms with Crippen molar-refractivity contribution in [3.63, 3.8) is 0 Å². The van der Waals surface area contributed by atoms with Crippen LogP contribution in [0.3, 0.4) is 0 Å². The van der Waals surface area contributed by atoms with Crippen molar-refractivity contribution in [2.24, 2.45) is 0 Å². The van der Waals surface area contributed by atoms with Crippen LogP contribution in [0.25, 0.3) is 0 Å². The number of hydrogen-bond acceptors (Lipinski definition) is 3. The Kier molecular flexibility index (Phi) is 5.75. The summed E-state index contributed by atoms with van der Waals surface area (Å²) < 4.78 is 5.08. The molecule has 3 heteroatoms. The zero-order valence-electron chi connectivity index (χ0n) is 13.2. The van der Waals surface area contributed by atoms with Crippen molar-refractivity contribution < 1.29 is 14.6 Å². The summed E-state index contributed by atoms with van der Waals surface area (Å²) in [7, 11) is 0. The minimum atomic E-state index is -1.45. The summed E-state index contributed by atoms with van der Waals surface area (Å²) in [6.07, 6.45) is 1.13. The molecule has 1 N–H and O–H groups in total. The fraction of sp³-hybridized carbons (Fsp3) is 0.588. The number of aliphatic hydroxyl groups is 1. The summed E-state index contributed by atoms with van der Waals surface area (Å²) in [5.74, 6) is -0.809. The van der Waals surface area contributed by atoms with Crippen molar-refractivity contribution in [1.82, 2.24) is 0 Å². The highest BCUT2D eigenvalue weighted by Gasteiger charge is 2.43. The first-order chi connectivity index (χ1) is 9.36. The molecule has 112 valence electrons. The Balaban J connectivity index is 3.16. The molecule has 0 bridgehead atoms. The molecule has 0 radical (unpaired) electrons. The Morgan fingerprint density at radius 3 is 2.50 bits per heavy atom. The lowest BCUT2D eigenvalue weighted by molar-refractivity contribution is -0.168. The normalized spacial score (nSPS) is 15.5. The summed E-state index contributed by atoms with van der Waals surface area (Å²) in [6.45, 7) is 9.93. The molecule has 0 saturated carbocycles. The van der Waals surface area contributed by atoms with Crippen LogP contribution in [0, 0.1) is 13.8 Å². The second-order valence-electron chi connectivity index (χ2n) is 5.48. The highest BCUT2D eigenvalue weighted by molar-refractivity contribution is 5.80. The van der Waals surface area contributed by atoms with Crippen LogP contribution in [0.2, 0.25) is 0 Å². The second kappa shape index (κ2) is 6.89. The first-order valence-corrected chi connectivity index (χ1v) is 7.33. The number of carbonyl (C=O) groups excluding carboxylic acids is 1. The van der Waals surface area contributed by atoms with Gasteiger partial charge in [0.1, 0.15) is 0 Å². The van der Waals surface area contributed by atoms with Gasteiger partial charge >= 0.3 is 5.97 Å². The lowest BCUT2D eigenvalue weighted by atomic mass is 9.78. The van der Waals surface area contributed by atoms with Crippen molar-refractivity contribution in [1.29, 1.82) is 0 Å². The van der Waals surface area contributed by atoms with Crippen molar-refractivity contribution in [2.45, 2.75) is 59.0 Å². The topological polar surface area (TPSA) is 46.5 Å². The summed E-state index contributed by atoms with van der Waals surface area (Å²) in [4.78, 5) is 12.2. The van der Waals surface area contributed by atoms with Gasteiger partial charge < -0.3 is 9.84 Å². The molecule has 0 heterocycles. The van der Waals surface area contributed by atoms with Crippen molar-refractivity contribution in [3.05, 3.63) is 34.9 Å². The average Bonchev–Trinajstić information content (AvgIpc) is 2.38. The molecule has 0 fully saturated rings. The average molecular weight is 278 g/mol. The number of ether oxygens (including phenoxy) is 1. The van der Waals surface area contributed by atoms with E-state index in [0.29, 0.717) is 6.42 Å². The molecule has 0 aliphatic heterocycles. The highest BCUT2D eigenvalue weighted by Crippen LogP contribution is 2.35. The van der Waals surface area contributed by atoms with E-state index in [4.69, 9.17) is 4.74 Å². The van der Waals surface area contributed by atoms with E-state index in [1.54, 1.807) is 6.92 Å². The molecule has 0 aromatic heterocycles. The molecule has 0 saturated heterocycles. The zero-order chi connectivity index (χ0) is 15.3. The van der Waals surface area contributed by atoms with E-state index in [2.05, 4.69) is 6.07 Å². The van der Waals surface area contributed by atoms with E-state index >= 15 is 0 Å². The van der Waals surface area contributed by atoms with Crippen LogP contribution in [0.1, 0.15) is 56.2 Å². The van der Waals surface area contributed by atoms with Gasteiger partial charge in [-0.05, 0) is 38.3 Å². The van der Waals surface area contributed by atoms with Crippen molar-refractivity contribution in [2.75, 3.05) is 6.61 Å². The highest BCUT2D eigenvalue weighted by atomic mass is 16.5. The first-order valence-electron chi connectivity index (χ1n) is 7.33. The fourth-order valence-electron chi connectivity index (χ4n) is 2.70. The van der Waals surface area contributed by atoms with Gasteiger partial charge in [-0.1, -0.05) is 44.0 Å². The molecule has 20 heavy (non-hydrogen) atoms. The quantitative estimate of drug-likeness (QED) is 0.810. The summed E-state index contributed by atoms with van der Waals surface area (Å²) in [6, 6.07) is 6.08. The summed E-state index contributed by atoms with van der Waals surface area (Å²) >= 11 is 0. The molecular weight excluding hydrogens is 252 g/mol. The largest absolute Gasteiger partial charge is 0.464 e. The Morgan fingerprint density at radius 2 is 2.00 bits per heavy atom. The molecule has 1 rings (SSSR count). The van der Waals surface area contributed by atoms with Gasteiger partial charge in [0.15, 0.2) is 5.60 Å². The molecule has 0 amide bonds. The van der Waals surface area contributed by atoms with Gasteiger partial charge in [-0.2, -0.15) is 0 Å². The maximum atomic E-state index is 12.2. The number of carbonyl (C=O) groups is 1. The van der Waals surface area contributed by atoms with E-state index in [1.807, 2.05) is 39.8 Å². The molecule has 0 spiro atoms. The van der Waals surface area contributed by atoms with Crippen LogP contribution in [-0.2, 0) is 9.53 Å². The second-order valence-corrected chi connectivity index (χ2v) is 5.48. The molecular formula is C17H26O3. The van der Waals surface area contributed by atoms with Crippen LogP contribution >= 0.6 is 0 Å². The van der Waals surface area contributed by atoms with Gasteiger partial charge in [0, 0.05) is 5.92 Å². The molecule has 1 aromatic rings. The van der Waals surface area contributed by atoms with Gasteiger partial charge in [0.25, 0.3) is 0 Å². The van der Waals surface area contributed by atoms with Gasteiger partial charge in [-0.3, -0.25) is 0 Å².